The summed E-state index contributed by atoms with van der Waals surface area (Å²) < 4.78 is 13.9. The molecular formula is C11H17NO. The van der Waals surface area contributed by atoms with Gasteiger partial charge in [0.15, 0.2) is 0 Å². The standard InChI is InChI=1S/C11H17NO/c1-10(12-8-5-9-13)11-6-3-2-4-7-11/h2-4,6-7,10,12-13H,5,8-9H2,1H3/t10-/m1/s1/i9D2. The van der Waals surface area contributed by atoms with E-state index in [4.69, 9.17) is 7.85 Å². The largest absolute Gasteiger partial charge is 0.396 e. The zero-order valence-electron chi connectivity index (χ0n) is 9.83. The first-order chi connectivity index (χ1) is 6.99. The Morgan fingerprint density at radius 3 is 2.77 bits per heavy atom. The third-order valence-electron chi connectivity index (χ3n) is 1.99. The summed E-state index contributed by atoms with van der Waals surface area (Å²) in [6.07, 6.45) is 0.101. The molecule has 72 valence electrons. The molecule has 1 aromatic carbocycles. The highest BCUT2D eigenvalue weighted by Crippen LogP contribution is 2.10. The van der Waals surface area contributed by atoms with Crippen LogP contribution >= 0.6 is 0 Å². The molecule has 1 rings (SSSR count). The lowest BCUT2D eigenvalue weighted by Crippen LogP contribution is -2.20. The van der Waals surface area contributed by atoms with Crippen LogP contribution in [0.15, 0.2) is 30.3 Å². The van der Waals surface area contributed by atoms with Gasteiger partial charge in [-0.25, -0.2) is 0 Å². The fourth-order valence-corrected chi connectivity index (χ4v) is 1.20. The van der Waals surface area contributed by atoms with Crippen molar-refractivity contribution in [2.24, 2.45) is 0 Å². The SMILES string of the molecule is [2H]C([2H])(O)CCN[C@H](C)c1ccccc1. The van der Waals surface area contributed by atoms with Crippen molar-refractivity contribution in [1.29, 1.82) is 0 Å². The fourth-order valence-electron chi connectivity index (χ4n) is 1.20. The number of hydrogen-bond acceptors (Lipinski definition) is 2. The second kappa shape index (κ2) is 5.73. The van der Waals surface area contributed by atoms with Crippen LogP contribution < -0.4 is 5.32 Å². The van der Waals surface area contributed by atoms with Crippen LogP contribution in [-0.4, -0.2) is 18.2 Å². The van der Waals surface area contributed by atoms with Crippen molar-refractivity contribution in [3.63, 3.8) is 0 Å². The van der Waals surface area contributed by atoms with Gasteiger partial charge in [-0.2, -0.15) is 0 Å². The van der Waals surface area contributed by atoms with Gasteiger partial charge in [0.05, 0.1) is 2.74 Å². The van der Waals surface area contributed by atoms with Crippen LogP contribution in [0.5, 0.6) is 0 Å². The first kappa shape index (κ1) is 7.54. The van der Waals surface area contributed by atoms with Gasteiger partial charge in [-0.05, 0) is 25.5 Å². The van der Waals surface area contributed by atoms with Crippen molar-refractivity contribution >= 4 is 0 Å². The lowest BCUT2D eigenvalue weighted by molar-refractivity contribution is 0.284. The van der Waals surface area contributed by atoms with E-state index in [1.54, 1.807) is 0 Å². The first-order valence-electron chi connectivity index (χ1n) is 5.50. The van der Waals surface area contributed by atoms with Crippen molar-refractivity contribution in [3.8, 4) is 0 Å². The van der Waals surface area contributed by atoms with Crippen molar-refractivity contribution in [2.75, 3.05) is 13.1 Å². The van der Waals surface area contributed by atoms with Crippen LogP contribution in [0.3, 0.4) is 0 Å². The van der Waals surface area contributed by atoms with Crippen LogP contribution in [-0.2, 0) is 0 Å². The zero-order valence-corrected chi connectivity index (χ0v) is 7.83. The molecule has 0 saturated carbocycles. The minimum atomic E-state index is -2.08. The Bertz CT molecular complexity index is 284. The summed E-state index contributed by atoms with van der Waals surface area (Å²) in [6.45, 7) is 0.394. The quantitative estimate of drug-likeness (QED) is 0.725. The van der Waals surface area contributed by atoms with Gasteiger partial charge in [0.1, 0.15) is 0 Å². The third-order valence-corrected chi connectivity index (χ3v) is 1.99. The maximum absolute atomic E-state index is 8.89. The molecular weight excluding hydrogens is 162 g/mol. The number of benzene rings is 1. The van der Waals surface area contributed by atoms with E-state index in [1.807, 2.05) is 37.3 Å². The molecule has 0 saturated heterocycles. The van der Waals surface area contributed by atoms with Gasteiger partial charge in [-0.15, -0.1) is 0 Å². The van der Waals surface area contributed by atoms with Crippen LogP contribution in [0.25, 0.3) is 0 Å². The average Bonchev–Trinajstić information content (AvgIpc) is 2.17. The number of rotatable bonds is 5. The molecule has 0 aromatic heterocycles. The van der Waals surface area contributed by atoms with E-state index in [2.05, 4.69) is 5.32 Å². The van der Waals surface area contributed by atoms with E-state index >= 15 is 0 Å². The van der Waals surface area contributed by atoms with Gasteiger partial charge in [0, 0.05) is 12.6 Å². The number of aliphatic hydroxyl groups is 1. The molecule has 0 aliphatic rings. The minimum Gasteiger partial charge on any atom is -0.396 e. The lowest BCUT2D eigenvalue weighted by atomic mass is 10.1. The van der Waals surface area contributed by atoms with Gasteiger partial charge >= 0.3 is 0 Å². The normalized spacial score (nSPS) is 16.2. The topological polar surface area (TPSA) is 32.3 Å². The van der Waals surface area contributed by atoms with Gasteiger partial charge in [-0.1, -0.05) is 30.3 Å². The van der Waals surface area contributed by atoms with Crippen molar-refractivity contribution in [3.05, 3.63) is 35.9 Å². The molecule has 1 atom stereocenters. The van der Waals surface area contributed by atoms with E-state index in [0.29, 0.717) is 6.54 Å². The van der Waals surface area contributed by atoms with Gasteiger partial charge in [-0.3, -0.25) is 0 Å². The highest BCUT2D eigenvalue weighted by Gasteiger charge is 2.01. The molecule has 0 spiro atoms. The van der Waals surface area contributed by atoms with E-state index in [0.717, 1.165) is 5.56 Å². The van der Waals surface area contributed by atoms with Gasteiger partial charge < -0.3 is 10.4 Å². The van der Waals surface area contributed by atoms with E-state index in [-0.39, 0.29) is 12.5 Å². The molecule has 2 nitrogen and oxygen atoms in total. The molecule has 0 bridgehead atoms. The van der Waals surface area contributed by atoms with Crippen LogP contribution in [0.1, 0.15) is 27.7 Å². The molecule has 13 heavy (non-hydrogen) atoms. The molecule has 2 heteroatoms. The number of nitrogens with one attached hydrogen (secondary N) is 1. The Balaban J connectivity index is 2.34. The second-order valence-electron chi connectivity index (χ2n) is 2.99. The molecule has 0 amide bonds. The minimum absolute atomic E-state index is 0.101. The third kappa shape index (κ3) is 3.57. The maximum Gasteiger partial charge on any atom is 0.0564 e. The Hall–Kier alpha value is -0.860. The molecule has 0 radical (unpaired) electrons. The number of hydrogen-bond donors (Lipinski definition) is 2. The van der Waals surface area contributed by atoms with Crippen molar-refractivity contribution in [2.45, 2.75) is 19.4 Å². The first-order valence-corrected chi connectivity index (χ1v) is 4.50. The predicted molar refractivity (Wildman–Crippen MR) is 54.6 cm³/mol. The fraction of sp³-hybridized carbons (Fsp3) is 0.455. The van der Waals surface area contributed by atoms with Crippen LogP contribution in [0.2, 0.25) is 0 Å². The van der Waals surface area contributed by atoms with E-state index < -0.39 is 6.56 Å². The molecule has 0 aliphatic heterocycles. The molecule has 0 unspecified atom stereocenters. The molecule has 0 fully saturated rings. The van der Waals surface area contributed by atoms with E-state index in [1.165, 1.54) is 0 Å². The highest BCUT2D eigenvalue weighted by atomic mass is 16.3. The Labute approximate surface area is 82.4 Å². The summed E-state index contributed by atoms with van der Waals surface area (Å²) in [5.74, 6) is 0. The molecule has 2 N–H and O–H groups in total. The van der Waals surface area contributed by atoms with Gasteiger partial charge in [0.25, 0.3) is 0 Å². The summed E-state index contributed by atoms with van der Waals surface area (Å²) in [5.41, 5.74) is 1.16. The molecule has 1 aromatic rings. The zero-order chi connectivity index (χ0) is 11.3. The Morgan fingerprint density at radius 2 is 2.15 bits per heavy atom. The molecule has 0 aliphatic carbocycles. The summed E-state index contributed by atoms with van der Waals surface area (Å²) in [7, 11) is 0. The highest BCUT2D eigenvalue weighted by molar-refractivity contribution is 5.17. The Kier molecular flexibility index (Phi) is 3.32. The predicted octanol–water partition coefficient (Wildman–Crippen LogP) is 1.72. The monoisotopic (exact) mass is 181 g/mol. The van der Waals surface area contributed by atoms with Gasteiger partial charge in [0.2, 0.25) is 0 Å². The van der Waals surface area contributed by atoms with Crippen LogP contribution in [0, 0.1) is 0 Å². The summed E-state index contributed by atoms with van der Waals surface area (Å²) >= 11 is 0. The second-order valence-corrected chi connectivity index (χ2v) is 2.99. The van der Waals surface area contributed by atoms with Crippen molar-refractivity contribution in [1.82, 2.24) is 5.32 Å². The van der Waals surface area contributed by atoms with E-state index in [9.17, 15) is 0 Å². The Morgan fingerprint density at radius 1 is 1.46 bits per heavy atom. The summed E-state index contributed by atoms with van der Waals surface area (Å²) in [6, 6.07) is 10.1. The van der Waals surface area contributed by atoms with Crippen molar-refractivity contribution < 1.29 is 7.85 Å². The lowest BCUT2D eigenvalue weighted by Gasteiger charge is -2.13. The maximum atomic E-state index is 8.89. The summed E-state index contributed by atoms with van der Waals surface area (Å²) in [4.78, 5) is 0. The molecule has 0 heterocycles. The average molecular weight is 181 g/mol. The smallest absolute Gasteiger partial charge is 0.0564 e. The summed E-state index contributed by atoms with van der Waals surface area (Å²) in [5, 5.41) is 12.0. The van der Waals surface area contributed by atoms with Crippen LogP contribution in [0.4, 0.5) is 0 Å².